The molecule has 0 aliphatic carbocycles. The van der Waals surface area contributed by atoms with E-state index < -0.39 is 25.6 Å². The number of non-ortho nitro benzene ring substituents is 1. The van der Waals surface area contributed by atoms with Crippen molar-refractivity contribution >= 4 is 26.8 Å². The zero-order valence-corrected chi connectivity index (χ0v) is 10.0. The van der Waals surface area contributed by atoms with Crippen molar-refractivity contribution in [2.45, 2.75) is 4.90 Å². The Morgan fingerprint density at radius 2 is 2.12 bits per heavy atom. The first-order valence-electron chi connectivity index (χ1n) is 3.95. The molecule has 0 amide bonds. The molecule has 0 saturated carbocycles. The van der Waals surface area contributed by atoms with Crippen molar-refractivity contribution in [3.05, 3.63) is 22.2 Å². The molecular formula is C6H3AgN4O5S. The molecule has 2 aromatic rings. The third-order valence-corrected chi connectivity index (χ3v) is 3.28. The summed E-state index contributed by atoms with van der Waals surface area (Å²) in [6, 6.07) is 1.80. The van der Waals surface area contributed by atoms with Crippen LogP contribution in [0, 0.1) is 10.1 Å². The van der Waals surface area contributed by atoms with Gasteiger partial charge in [-0.25, -0.2) is 0 Å². The van der Waals surface area contributed by atoms with E-state index in [-0.39, 0.29) is 11.0 Å². The van der Waals surface area contributed by atoms with E-state index in [9.17, 15) is 18.5 Å². The minimum absolute atomic E-state index is 0.0608. The molecule has 1 aromatic heterocycles. The normalized spacial score (nSPS) is 11.9. The Bertz CT molecular complexity index is 723. The number of aromatic nitrogens is 3. The van der Waals surface area contributed by atoms with E-state index in [1.807, 2.05) is 0 Å². The predicted molar refractivity (Wildman–Crippen MR) is 49.4 cm³/mol. The topological polar surface area (TPSA) is 128 Å². The van der Waals surface area contributed by atoms with Gasteiger partial charge in [-0.3, -0.25) is 0 Å². The van der Waals surface area contributed by atoms with E-state index in [0.29, 0.717) is 0 Å². The third-order valence-electron chi connectivity index (χ3n) is 1.93. The summed E-state index contributed by atoms with van der Waals surface area (Å²) in [7, 11) is -4.61. The second kappa shape index (κ2) is 3.85. The third kappa shape index (κ3) is 2.08. The molecule has 1 heterocycles. The van der Waals surface area contributed by atoms with Crippen LogP contribution in [-0.2, 0) is 31.4 Å². The molecule has 0 spiro atoms. The summed E-state index contributed by atoms with van der Waals surface area (Å²) in [6.45, 7) is 0. The van der Waals surface area contributed by atoms with Crippen molar-refractivity contribution in [3.8, 4) is 0 Å². The van der Waals surface area contributed by atoms with E-state index >= 15 is 0 Å². The Balaban J connectivity index is 2.95. The van der Waals surface area contributed by atoms with Gasteiger partial charge in [0.15, 0.2) is 0 Å². The molecule has 94 valence electrons. The molecule has 0 atom stereocenters. The first kappa shape index (κ1) is 12.1. The van der Waals surface area contributed by atoms with Gasteiger partial charge in [0.25, 0.3) is 0 Å². The van der Waals surface area contributed by atoms with Crippen molar-refractivity contribution in [2.24, 2.45) is 0 Å². The van der Waals surface area contributed by atoms with E-state index in [2.05, 4.69) is 31.6 Å². The average Bonchev–Trinajstić information content (AvgIpc) is 2.58. The first-order chi connectivity index (χ1) is 7.80. The van der Waals surface area contributed by atoms with E-state index in [1.165, 1.54) is 0 Å². The summed E-state index contributed by atoms with van der Waals surface area (Å²) in [5.41, 5.74) is -0.590. The van der Waals surface area contributed by atoms with E-state index in [0.717, 1.165) is 15.2 Å². The van der Waals surface area contributed by atoms with Gasteiger partial charge in [-0.05, 0) is 0 Å². The predicted octanol–water partition coefficient (Wildman–Crippen LogP) is -0.104. The van der Waals surface area contributed by atoms with Gasteiger partial charge in [-0.1, -0.05) is 0 Å². The van der Waals surface area contributed by atoms with Gasteiger partial charge in [-0.15, -0.1) is 0 Å². The maximum absolute atomic E-state index is 11.1. The Morgan fingerprint density at radius 1 is 1.47 bits per heavy atom. The van der Waals surface area contributed by atoms with Gasteiger partial charge in [-0.2, -0.15) is 0 Å². The molecular weight excluding hydrogens is 348 g/mol. The van der Waals surface area contributed by atoms with Gasteiger partial charge in [0.2, 0.25) is 0 Å². The van der Waals surface area contributed by atoms with Gasteiger partial charge in [0.05, 0.1) is 0 Å². The zero-order chi connectivity index (χ0) is 12.8. The van der Waals surface area contributed by atoms with Crippen molar-refractivity contribution < 1.29 is 39.2 Å². The van der Waals surface area contributed by atoms with Crippen LogP contribution < -0.4 is 0 Å². The Hall–Kier alpha value is -1.33. The summed E-state index contributed by atoms with van der Waals surface area (Å²) < 4.78 is 32.1. The molecule has 1 N–H and O–H groups in total. The molecule has 0 bridgehead atoms. The molecule has 0 fully saturated rings. The number of fused-ring (bicyclic) bond motifs is 1. The quantitative estimate of drug-likeness (QED) is 0.346. The van der Waals surface area contributed by atoms with Crippen molar-refractivity contribution in [1.29, 1.82) is 0 Å². The number of rotatable bonds is 2. The van der Waals surface area contributed by atoms with E-state index in [1.54, 1.807) is 0 Å². The fourth-order valence-electron chi connectivity index (χ4n) is 1.24. The fraction of sp³-hybridized carbons (Fsp3) is 0. The fourth-order valence-corrected chi connectivity index (χ4v) is 2.22. The molecule has 1 aromatic carbocycles. The van der Waals surface area contributed by atoms with Gasteiger partial charge < -0.3 is 0 Å². The van der Waals surface area contributed by atoms with Crippen LogP contribution in [0.2, 0.25) is 0 Å². The monoisotopic (exact) mass is 350 g/mol. The molecule has 11 heteroatoms. The van der Waals surface area contributed by atoms with Crippen LogP contribution in [0.25, 0.3) is 11.0 Å². The standard InChI is InChI=1S/C6H3N4O5S.Ag/c11-10(12)3-1-4-6(8-9-7-4)5(2-3)16(13,14)15;/h1-2H,(H-,7,8,9,13,14,15);/q-1;+1. The summed E-state index contributed by atoms with van der Waals surface area (Å²) in [5, 5.41) is 17.6. The second-order valence-corrected chi connectivity index (χ2v) is 4.98. The SMILES string of the molecule is O=[N+]([O-])c1cc(S(=O)(=O)O)c2nn[n]([Ag])c2c1. The molecule has 0 saturated heterocycles. The number of hydrogen-bond donors (Lipinski definition) is 1. The van der Waals surface area contributed by atoms with Crippen LogP contribution >= 0.6 is 0 Å². The van der Waals surface area contributed by atoms with Crippen LogP contribution in [0.15, 0.2) is 17.0 Å². The molecule has 0 aliphatic heterocycles. The van der Waals surface area contributed by atoms with Crippen LogP contribution in [0.5, 0.6) is 0 Å². The average molecular weight is 351 g/mol. The molecule has 0 unspecified atom stereocenters. The summed E-state index contributed by atoms with van der Waals surface area (Å²) in [5.74, 6) is 0. The molecule has 2 rings (SSSR count). The maximum atomic E-state index is 11.1. The number of nitro benzene ring substituents is 1. The first-order valence-corrected chi connectivity index (χ1v) is 6.05. The summed E-state index contributed by atoms with van der Waals surface area (Å²) in [6.07, 6.45) is 0. The Kier molecular flexibility index (Phi) is 2.75. The van der Waals surface area contributed by atoms with Crippen LogP contribution in [0.3, 0.4) is 0 Å². The van der Waals surface area contributed by atoms with Gasteiger partial charge in [0.1, 0.15) is 0 Å². The van der Waals surface area contributed by atoms with Gasteiger partial charge in [0, 0.05) is 0 Å². The molecule has 0 aliphatic rings. The molecule has 0 radical (unpaired) electrons. The van der Waals surface area contributed by atoms with Crippen molar-refractivity contribution in [2.75, 3.05) is 0 Å². The Morgan fingerprint density at radius 3 is 2.65 bits per heavy atom. The van der Waals surface area contributed by atoms with E-state index in [4.69, 9.17) is 4.55 Å². The van der Waals surface area contributed by atoms with Crippen molar-refractivity contribution in [1.82, 2.24) is 13.4 Å². The zero-order valence-electron chi connectivity index (χ0n) is 7.73. The molecule has 17 heavy (non-hydrogen) atoms. The minimum atomic E-state index is -4.61. The number of nitrogens with zero attached hydrogens (tertiary/aromatic N) is 4. The van der Waals surface area contributed by atoms with Crippen LogP contribution in [0.1, 0.15) is 0 Å². The van der Waals surface area contributed by atoms with Crippen LogP contribution in [-0.4, -0.2) is 31.3 Å². The van der Waals surface area contributed by atoms with Crippen LogP contribution in [0.4, 0.5) is 5.69 Å². The number of hydrogen-bond acceptors (Lipinski definition) is 6. The Labute approximate surface area is 107 Å². The molecule has 9 nitrogen and oxygen atoms in total. The second-order valence-electron chi connectivity index (χ2n) is 2.96. The summed E-state index contributed by atoms with van der Waals surface area (Å²) >= 11 is 2.91. The van der Waals surface area contributed by atoms with Crippen molar-refractivity contribution in [3.63, 3.8) is 0 Å². The van der Waals surface area contributed by atoms with Gasteiger partial charge >= 0.3 is 107 Å². The number of benzene rings is 1. The number of nitro groups is 1. The summed E-state index contributed by atoms with van der Waals surface area (Å²) in [4.78, 5) is 9.18.